The summed E-state index contributed by atoms with van der Waals surface area (Å²) in [5.41, 5.74) is 0. The average molecular weight is 294 g/mol. The summed E-state index contributed by atoms with van der Waals surface area (Å²) in [6.07, 6.45) is 3.93. The Morgan fingerprint density at radius 1 is 0.950 bits per heavy atom. The molecule has 0 saturated heterocycles. The zero-order chi connectivity index (χ0) is 14.8. The molecule has 0 aliphatic carbocycles. The van der Waals surface area contributed by atoms with E-state index in [1.54, 1.807) is 12.1 Å². The second-order valence-electron chi connectivity index (χ2n) is 4.84. The Hall–Kier alpha value is -1.29. The van der Waals surface area contributed by atoms with Crippen molar-refractivity contribution in [1.29, 1.82) is 0 Å². The van der Waals surface area contributed by atoms with E-state index in [1.165, 1.54) is 0 Å². The molecule has 0 saturated carbocycles. The fourth-order valence-corrected chi connectivity index (χ4v) is 2.92. The number of benzene rings is 1. The summed E-state index contributed by atoms with van der Waals surface area (Å²) in [6, 6.07) is 8.99. The Kier molecular flexibility index (Phi) is 8.04. The molecule has 1 aromatic carbocycles. The van der Waals surface area contributed by atoms with E-state index >= 15 is 0 Å². The van der Waals surface area contributed by atoms with Crippen molar-refractivity contribution in [3.05, 3.63) is 30.3 Å². The number of carbonyl (C=O) groups is 2. The number of ketones is 2. The van der Waals surface area contributed by atoms with Gasteiger partial charge in [-0.1, -0.05) is 31.5 Å². The van der Waals surface area contributed by atoms with Gasteiger partial charge in [0, 0.05) is 24.2 Å². The van der Waals surface area contributed by atoms with Crippen molar-refractivity contribution in [3.8, 4) is 0 Å². The molecule has 0 spiro atoms. The van der Waals surface area contributed by atoms with Crippen LogP contribution in [0.2, 0.25) is 0 Å². The lowest BCUT2D eigenvalue weighted by molar-refractivity contribution is -0.119. The summed E-state index contributed by atoms with van der Waals surface area (Å²) in [5, 5.41) is 0. The van der Waals surface area contributed by atoms with E-state index in [9.17, 15) is 13.8 Å². The molecule has 1 atom stereocenters. The van der Waals surface area contributed by atoms with Gasteiger partial charge < -0.3 is 0 Å². The summed E-state index contributed by atoms with van der Waals surface area (Å²) in [4.78, 5) is 23.9. The summed E-state index contributed by atoms with van der Waals surface area (Å²) in [5.74, 6) is 0.243. The molecule has 0 bridgehead atoms. The molecule has 0 aromatic heterocycles. The standard InChI is InChI=1S/C16H22O3S/c1-2-3-8-14(17)9-7-10-15(18)13-20(19)16-11-5-4-6-12-16/h4-6,11-12H,2-3,7-10,13H2,1H3. The smallest absolute Gasteiger partial charge is 0.145 e. The number of hydrogen-bond donors (Lipinski definition) is 0. The zero-order valence-corrected chi connectivity index (χ0v) is 12.8. The number of hydrogen-bond acceptors (Lipinski definition) is 3. The van der Waals surface area contributed by atoms with Crippen LogP contribution in [0.1, 0.15) is 45.4 Å². The third-order valence-electron chi connectivity index (χ3n) is 3.02. The van der Waals surface area contributed by atoms with Gasteiger partial charge in [0.15, 0.2) is 0 Å². The Balaban J connectivity index is 2.24. The molecule has 1 rings (SSSR count). The molecule has 0 fully saturated rings. The molecular formula is C16H22O3S. The third kappa shape index (κ3) is 6.75. The van der Waals surface area contributed by atoms with Crippen LogP contribution in [-0.4, -0.2) is 21.5 Å². The molecule has 0 N–H and O–H groups in total. The van der Waals surface area contributed by atoms with Crippen LogP contribution in [0.5, 0.6) is 0 Å². The summed E-state index contributed by atoms with van der Waals surface area (Å²) >= 11 is 0. The summed E-state index contributed by atoms with van der Waals surface area (Å²) in [7, 11) is -1.27. The molecule has 4 heteroatoms. The number of rotatable bonds is 10. The maximum atomic E-state index is 11.9. The highest BCUT2D eigenvalue weighted by Gasteiger charge is 2.10. The third-order valence-corrected chi connectivity index (χ3v) is 4.40. The van der Waals surface area contributed by atoms with Crippen molar-refractivity contribution in [1.82, 2.24) is 0 Å². The first-order valence-corrected chi connectivity index (χ1v) is 8.42. The van der Waals surface area contributed by atoms with Crippen LogP contribution in [0.3, 0.4) is 0 Å². The molecule has 0 aliphatic heterocycles. The number of Topliss-reactive ketones (excluding diaryl/α,β-unsaturated/α-hetero) is 2. The first-order valence-electron chi connectivity index (χ1n) is 7.10. The van der Waals surface area contributed by atoms with Crippen molar-refractivity contribution in [2.75, 3.05) is 5.75 Å². The largest absolute Gasteiger partial charge is 0.300 e. The second kappa shape index (κ2) is 9.59. The molecule has 0 radical (unpaired) electrons. The summed E-state index contributed by atoms with van der Waals surface area (Å²) in [6.45, 7) is 2.05. The highest BCUT2D eigenvalue weighted by molar-refractivity contribution is 7.85. The molecule has 3 nitrogen and oxygen atoms in total. The minimum absolute atomic E-state index is 0.0320. The van der Waals surface area contributed by atoms with Gasteiger partial charge in [-0.2, -0.15) is 0 Å². The van der Waals surface area contributed by atoms with E-state index < -0.39 is 10.8 Å². The average Bonchev–Trinajstić information content (AvgIpc) is 2.46. The van der Waals surface area contributed by atoms with Crippen molar-refractivity contribution >= 4 is 22.4 Å². The van der Waals surface area contributed by atoms with Crippen LogP contribution in [-0.2, 0) is 20.4 Å². The van der Waals surface area contributed by atoms with Crippen molar-refractivity contribution in [2.45, 2.75) is 50.3 Å². The fourth-order valence-electron chi connectivity index (χ4n) is 1.86. The highest BCUT2D eigenvalue weighted by Crippen LogP contribution is 2.08. The minimum atomic E-state index is -1.27. The monoisotopic (exact) mass is 294 g/mol. The van der Waals surface area contributed by atoms with Gasteiger partial charge in [-0.15, -0.1) is 0 Å². The maximum Gasteiger partial charge on any atom is 0.145 e. The number of unbranched alkanes of at least 4 members (excludes halogenated alkanes) is 1. The van der Waals surface area contributed by atoms with E-state index in [4.69, 9.17) is 0 Å². The van der Waals surface area contributed by atoms with E-state index in [1.807, 2.05) is 18.2 Å². The predicted molar refractivity (Wildman–Crippen MR) is 81.1 cm³/mol. The van der Waals surface area contributed by atoms with Gasteiger partial charge in [-0.3, -0.25) is 13.8 Å². The number of carbonyl (C=O) groups excluding carboxylic acids is 2. The summed E-state index contributed by atoms with van der Waals surface area (Å²) < 4.78 is 11.9. The zero-order valence-electron chi connectivity index (χ0n) is 12.0. The Labute approximate surface area is 123 Å². The molecule has 0 aliphatic rings. The molecule has 110 valence electrons. The van der Waals surface area contributed by atoms with Gasteiger partial charge in [0.2, 0.25) is 0 Å². The lowest BCUT2D eigenvalue weighted by Gasteiger charge is -2.02. The van der Waals surface area contributed by atoms with Crippen LogP contribution in [0.25, 0.3) is 0 Å². The molecule has 20 heavy (non-hydrogen) atoms. The first kappa shape index (κ1) is 16.8. The normalized spacial score (nSPS) is 12.1. The Morgan fingerprint density at radius 2 is 1.55 bits per heavy atom. The lowest BCUT2D eigenvalue weighted by Crippen LogP contribution is -2.11. The van der Waals surface area contributed by atoms with Crippen molar-refractivity contribution < 1.29 is 13.8 Å². The SMILES string of the molecule is CCCCC(=O)CCCC(=O)CS(=O)c1ccccc1. The molecule has 1 unspecified atom stereocenters. The van der Waals surface area contributed by atoms with Gasteiger partial charge >= 0.3 is 0 Å². The topological polar surface area (TPSA) is 51.2 Å². The van der Waals surface area contributed by atoms with Gasteiger partial charge in [-0.25, -0.2) is 0 Å². The van der Waals surface area contributed by atoms with Crippen LogP contribution in [0.4, 0.5) is 0 Å². The van der Waals surface area contributed by atoms with Crippen molar-refractivity contribution in [2.24, 2.45) is 0 Å². The maximum absolute atomic E-state index is 11.9. The Morgan fingerprint density at radius 3 is 2.20 bits per heavy atom. The van der Waals surface area contributed by atoms with Gasteiger partial charge in [-0.05, 0) is 25.0 Å². The first-order chi connectivity index (χ1) is 9.63. The van der Waals surface area contributed by atoms with Crippen LogP contribution >= 0.6 is 0 Å². The quantitative estimate of drug-likeness (QED) is 0.665. The minimum Gasteiger partial charge on any atom is -0.300 e. The highest BCUT2D eigenvalue weighted by atomic mass is 32.2. The van der Waals surface area contributed by atoms with E-state index in [0.29, 0.717) is 30.6 Å². The molecular weight excluding hydrogens is 272 g/mol. The van der Waals surface area contributed by atoms with Crippen LogP contribution in [0.15, 0.2) is 35.2 Å². The van der Waals surface area contributed by atoms with E-state index in [0.717, 1.165) is 12.8 Å². The Bertz CT molecular complexity index is 454. The van der Waals surface area contributed by atoms with E-state index in [-0.39, 0.29) is 17.3 Å². The second-order valence-corrected chi connectivity index (χ2v) is 6.29. The van der Waals surface area contributed by atoms with Gasteiger partial charge in [0.05, 0.1) is 16.6 Å². The predicted octanol–water partition coefficient (Wildman–Crippen LogP) is 3.29. The van der Waals surface area contributed by atoms with Crippen LogP contribution < -0.4 is 0 Å². The lowest BCUT2D eigenvalue weighted by atomic mass is 10.1. The molecule has 0 amide bonds. The fraction of sp³-hybridized carbons (Fsp3) is 0.500. The molecule has 0 heterocycles. The molecule has 1 aromatic rings. The van der Waals surface area contributed by atoms with Crippen LogP contribution in [0, 0.1) is 0 Å². The van der Waals surface area contributed by atoms with Crippen molar-refractivity contribution in [3.63, 3.8) is 0 Å². The van der Waals surface area contributed by atoms with Gasteiger partial charge in [0.1, 0.15) is 11.6 Å². The van der Waals surface area contributed by atoms with Gasteiger partial charge in [0.25, 0.3) is 0 Å². The van der Waals surface area contributed by atoms with E-state index in [2.05, 4.69) is 6.92 Å².